The predicted octanol–water partition coefficient (Wildman–Crippen LogP) is 2.77. The van der Waals surface area contributed by atoms with Crippen LogP contribution in [-0.4, -0.2) is 73.5 Å². The molecule has 2 aromatic rings. The maximum atomic E-state index is 14.4. The second-order valence-electron chi connectivity index (χ2n) is 9.85. The Balaban J connectivity index is 1.62. The van der Waals surface area contributed by atoms with Gasteiger partial charge in [-0.25, -0.2) is 0 Å². The van der Waals surface area contributed by atoms with Crippen molar-refractivity contribution in [2.24, 2.45) is 11.8 Å². The number of carbonyl (C=O) groups is 3. The van der Waals surface area contributed by atoms with E-state index in [1.54, 1.807) is 35.2 Å². The summed E-state index contributed by atoms with van der Waals surface area (Å²) < 4.78 is 6.37. The van der Waals surface area contributed by atoms with Crippen LogP contribution in [0.15, 0.2) is 73.3 Å². The largest absolute Gasteiger partial charge is 0.481 e. The van der Waals surface area contributed by atoms with Gasteiger partial charge in [0, 0.05) is 17.9 Å². The van der Waals surface area contributed by atoms with Crippen LogP contribution in [0, 0.1) is 11.8 Å². The van der Waals surface area contributed by atoms with Gasteiger partial charge < -0.3 is 24.7 Å². The van der Waals surface area contributed by atoms with E-state index in [2.05, 4.69) is 22.5 Å². The van der Waals surface area contributed by atoms with Crippen molar-refractivity contribution in [1.29, 1.82) is 0 Å². The summed E-state index contributed by atoms with van der Waals surface area (Å²) in [4.78, 5) is 43.5. The second-order valence-corrected chi connectivity index (χ2v) is 11.0. The van der Waals surface area contributed by atoms with Gasteiger partial charge in [-0.3, -0.25) is 14.4 Å². The molecule has 37 heavy (non-hydrogen) atoms. The first-order valence-electron chi connectivity index (χ1n) is 12.3. The highest BCUT2D eigenvalue weighted by Crippen LogP contribution is 2.61. The summed E-state index contributed by atoms with van der Waals surface area (Å²) >= 11 is 3.56. The Morgan fingerprint density at radius 1 is 1.19 bits per heavy atom. The van der Waals surface area contributed by atoms with Gasteiger partial charge in [-0.1, -0.05) is 82.7 Å². The van der Waals surface area contributed by atoms with Crippen molar-refractivity contribution in [2.45, 2.75) is 41.6 Å². The van der Waals surface area contributed by atoms with Gasteiger partial charge in [-0.05, 0) is 17.5 Å². The molecule has 0 aromatic heterocycles. The molecule has 3 fully saturated rings. The molecular weight excluding hydrogens is 540 g/mol. The van der Waals surface area contributed by atoms with Crippen molar-refractivity contribution in [2.75, 3.05) is 13.2 Å². The normalized spacial score (nSPS) is 30.7. The predicted molar refractivity (Wildman–Crippen MR) is 139 cm³/mol. The smallest absolute Gasteiger partial charge is 0.310 e. The molecule has 2 N–H and O–H groups in total. The Labute approximate surface area is 223 Å². The average Bonchev–Trinajstić information content (AvgIpc) is 3.49. The molecular formula is C28H29BrN2O6. The summed E-state index contributed by atoms with van der Waals surface area (Å²) in [7, 11) is 0. The van der Waals surface area contributed by atoms with Gasteiger partial charge in [0.05, 0.1) is 30.6 Å². The standard InChI is InChI=1S/C28H29BrN2O6/c1-2-13-30(15-17-9-5-3-6-10-17)26(34)24-28-14-19(29)23(37-28)21(27(35)36)22(28)25(33)31(24)20(16-32)18-11-7-4-8-12-18/h2-12,19-24,32H,1,13-16H2,(H,35,36)/t19?,20-,21-,22+,23-,24-,28+/m1/s1. The minimum atomic E-state index is -1.33. The summed E-state index contributed by atoms with van der Waals surface area (Å²) in [6.07, 6.45) is 1.21. The fourth-order valence-electron chi connectivity index (χ4n) is 6.36. The Kier molecular flexibility index (Phi) is 6.95. The van der Waals surface area contributed by atoms with Crippen molar-refractivity contribution in [3.8, 4) is 0 Å². The lowest BCUT2D eigenvalue weighted by Gasteiger charge is -2.39. The lowest BCUT2D eigenvalue weighted by molar-refractivity contribution is -0.153. The Hall–Kier alpha value is -3.01. The summed E-state index contributed by atoms with van der Waals surface area (Å²) in [5, 5.41) is 20.6. The van der Waals surface area contributed by atoms with E-state index in [1.165, 1.54) is 4.90 Å². The Morgan fingerprint density at radius 3 is 2.43 bits per heavy atom. The molecule has 7 atom stereocenters. The molecule has 1 unspecified atom stereocenters. The number of amides is 2. The number of alkyl halides is 1. The lowest BCUT2D eigenvalue weighted by Crippen LogP contribution is -2.57. The van der Waals surface area contributed by atoms with Crippen LogP contribution < -0.4 is 0 Å². The molecule has 3 heterocycles. The summed E-state index contributed by atoms with van der Waals surface area (Å²) in [6.45, 7) is 3.89. The van der Waals surface area contributed by atoms with Gasteiger partial charge >= 0.3 is 5.97 Å². The molecule has 0 aliphatic carbocycles. The van der Waals surface area contributed by atoms with Crippen molar-refractivity contribution in [3.05, 3.63) is 84.4 Å². The van der Waals surface area contributed by atoms with E-state index in [-0.39, 0.29) is 23.8 Å². The van der Waals surface area contributed by atoms with Crippen molar-refractivity contribution < 1.29 is 29.3 Å². The third-order valence-electron chi connectivity index (χ3n) is 7.82. The number of hydrogen-bond donors (Lipinski definition) is 2. The molecule has 0 radical (unpaired) electrons. The topological polar surface area (TPSA) is 107 Å². The number of rotatable bonds is 9. The summed E-state index contributed by atoms with van der Waals surface area (Å²) in [6, 6.07) is 16.5. The Morgan fingerprint density at radius 2 is 1.84 bits per heavy atom. The molecule has 2 amide bonds. The highest BCUT2D eigenvalue weighted by Gasteiger charge is 2.77. The number of aliphatic hydroxyl groups excluding tert-OH is 1. The van der Waals surface area contributed by atoms with E-state index in [1.807, 2.05) is 36.4 Å². The van der Waals surface area contributed by atoms with Crippen LogP contribution in [-0.2, 0) is 25.7 Å². The number of halogens is 1. The van der Waals surface area contributed by atoms with Crippen molar-refractivity contribution >= 4 is 33.7 Å². The number of nitrogens with zero attached hydrogens (tertiary/aromatic N) is 2. The van der Waals surface area contributed by atoms with E-state index >= 15 is 0 Å². The average molecular weight is 569 g/mol. The van der Waals surface area contributed by atoms with E-state index in [0.717, 1.165) is 5.56 Å². The van der Waals surface area contributed by atoms with Crippen LogP contribution in [0.25, 0.3) is 0 Å². The van der Waals surface area contributed by atoms with Gasteiger partial charge in [-0.15, -0.1) is 6.58 Å². The van der Waals surface area contributed by atoms with Crippen LogP contribution >= 0.6 is 15.9 Å². The number of fused-ring (bicyclic) bond motifs is 1. The van der Waals surface area contributed by atoms with Gasteiger partial charge in [0.1, 0.15) is 11.6 Å². The number of aliphatic carboxylic acids is 1. The molecule has 194 valence electrons. The minimum Gasteiger partial charge on any atom is -0.481 e. The van der Waals surface area contributed by atoms with Crippen LogP contribution in [0.4, 0.5) is 0 Å². The van der Waals surface area contributed by atoms with Crippen LogP contribution in [0.3, 0.4) is 0 Å². The molecule has 0 saturated carbocycles. The maximum Gasteiger partial charge on any atom is 0.310 e. The van der Waals surface area contributed by atoms with Gasteiger partial charge in [0.2, 0.25) is 11.8 Å². The fraction of sp³-hybridized carbons (Fsp3) is 0.393. The zero-order chi connectivity index (χ0) is 26.3. The molecule has 3 aliphatic heterocycles. The second kappa shape index (κ2) is 10.0. The zero-order valence-corrected chi connectivity index (χ0v) is 21.7. The number of benzene rings is 2. The highest BCUT2D eigenvalue weighted by molar-refractivity contribution is 9.09. The van der Waals surface area contributed by atoms with Gasteiger partial charge in [0.25, 0.3) is 0 Å². The molecule has 2 aromatic carbocycles. The van der Waals surface area contributed by atoms with E-state index < -0.39 is 54.1 Å². The quantitative estimate of drug-likeness (QED) is 0.356. The third-order valence-corrected chi connectivity index (χ3v) is 8.66. The molecule has 5 rings (SSSR count). The zero-order valence-electron chi connectivity index (χ0n) is 20.2. The third kappa shape index (κ3) is 4.09. The fourth-order valence-corrected chi connectivity index (χ4v) is 7.30. The first-order chi connectivity index (χ1) is 17.8. The van der Waals surface area contributed by atoms with Gasteiger partial charge in [-0.2, -0.15) is 0 Å². The van der Waals surface area contributed by atoms with E-state index in [4.69, 9.17) is 4.74 Å². The summed E-state index contributed by atoms with van der Waals surface area (Å²) in [5.41, 5.74) is 0.236. The number of likely N-dealkylation sites (tertiary alicyclic amines) is 1. The lowest BCUT2D eigenvalue weighted by atomic mass is 9.70. The number of aliphatic hydroxyl groups is 1. The van der Waals surface area contributed by atoms with Crippen molar-refractivity contribution in [3.63, 3.8) is 0 Å². The number of hydrogen-bond acceptors (Lipinski definition) is 5. The van der Waals surface area contributed by atoms with Crippen LogP contribution in [0.1, 0.15) is 23.6 Å². The molecule has 9 heteroatoms. The number of carbonyl (C=O) groups excluding carboxylic acids is 2. The molecule has 3 saturated heterocycles. The van der Waals surface area contributed by atoms with Crippen molar-refractivity contribution in [1.82, 2.24) is 9.80 Å². The number of ether oxygens (including phenoxy) is 1. The first-order valence-corrected chi connectivity index (χ1v) is 13.2. The maximum absolute atomic E-state index is 14.4. The molecule has 8 nitrogen and oxygen atoms in total. The van der Waals surface area contributed by atoms with Crippen LogP contribution in [0.2, 0.25) is 0 Å². The van der Waals surface area contributed by atoms with Gasteiger partial charge in [0.15, 0.2) is 0 Å². The molecule has 1 spiro atoms. The highest BCUT2D eigenvalue weighted by atomic mass is 79.9. The Bertz CT molecular complexity index is 1190. The van der Waals surface area contributed by atoms with Crippen LogP contribution in [0.5, 0.6) is 0 Å². The number of carboxylic acid groups (broad SMARTS) is 1. The number of carboxylic acids is 1. The monoisotopic (exact) mass is 568 g/mol. The summed E-state index contributed by atoms with van der Waals surface area (Å²) in [5.74, 6) is -4.09. The van der Waals surface area contributed by atoms with E-state index in [0.29, 0.717) is 12.0 Å². The molecule has 3 aliphatic rings. The SMILES string of the molecule is C=CCN(Cc1ccccc1)C(=O)[C@H]1N([C@H](CO)c2ccccc2)C(=O)[C@@H]2[C@@H](C(=O)O)[C@@H]3O[C@@]21CC3Br. The molecule has 2 bridgehead atoms. The first kappa shape index (κ1) is 25.6. The van der Waals surface area contributed by atoms with E-state index in [9.17, 15) is 24.6 Å². The minimum absolute atomic E-state index is 0.228.